The Kier molecular flexibility index (Phi) is 6.62. The van der Waals surface area contributed by atoms with E-state index in [4.69, 9.17) is 15.6 Å². The maximum atomic E-state index is 8.74. The van der Waals surface area contributed by atoms with Crippen LogP contribution < -0.4 is 10.5 Å². The van der Waals surface area contributed by atoms with Crippen molar-refractivity contribution in [3.63, 3.8) is 0 Å². The predicted octanol–water partition coefficient (Wildman–Crippen LogP) is 0.491. The molecule has 0 heterocycles. The standard InChI is InChI=1S/C13H22N2O2/c1-15(8-10-16)9-11-17-13-4-2-12(3-5-13)6-7-14/h2-5,16H,6-11,14H2,1H3. The third-order valence-electron chi connectivity index (χ3n) is 2.58. The Labute approximate surface area is 103 Å². The molecule has 1 aromatic rings. The second-order valence-corrected chi connectivity index (χ2v) is 4.06. The molecule has 4 nitrogen and oxygen atoms in total. The van der Waals surface area contributed by atoms with Gasteiger partial charge in [-0.1, -0.05) is 12.1 Å². The van der Waals surface area contributed by atoms with Gasteiger partial charge in [-0.25, -0.2) is 0 Å². The molecule has 0 atom stereocenters. The molecule has 0 saturated heterocycles. The minimum atomic E-state index is 0.185. The van der Waals surface area contributed by atoms with E-state index < -0.39 is 0 Å². The van der Waals surface area contributed by atoms with E-state index in [1.54, 1.807) is 0 Å². The van der Waals surface area contributed by atoms with Crippen molar-refractivity contribution in [3.8, 4) is 5.75 Å². The van der Waals surface area contributed by atoms with Gasteiger partial charge < -0.3 is 20.5 Å². The van der Waals surface area contributed by atoms with Crippen molar-refractivity contribution >= 4 is 0 Å². The third-order valence-corrected chi connectivity index (χ3v) is 2.58. The molecular formula is C13H22N2O2. The van der Waals surface area contributed by atoms with Gasteiger partial charge in [0.05, 0.1) is 6.61 Å². The van der Waals surface area contributed by atoms with Crippen molar-refractivity contribution < 1.29 is 9.84 Å². The molecule has 17 heavy (non-hydrogen) atoms. The van der Waals surface area contributed by atoms with Crippen LogP contribution in [0.1, 0.15) is 5.56 Å². The molecule has 0 unspecified atom stereocenters. The van der Waals surface area contributed by atoms with Crippen LogP contribution in [-0.2, 0) is 6.42 Å². The van der Waals surface area contributed by atoms with Gasteiger partial charge in [0.25, 0.3) is 0 Å². The number of benzene rings is 1. The Morgan fingerprint density at radius 3 is 2.53 bits per heavy atom. The molecule has 0 saturated carbocycles. The van der Waals surface area contributed by atoms with Crippen molar-refractivity contribution in [2.45, 2.75) is 6.42 Å². The van der Waals surface area contributed by atoms with Crippen LogP contribution in [0.2, 0.25) is 0 Å². The molecule has 0 bridgehead atoms. The molecular weight excluding hydrogens is 216 g/mol. The molecule has 0 aliphatic carbocycles. The maximum absolute atomic E-state index is 8.74. The van der Waals surface area contributed by atoms with E-state index in [0.29, 0.717) is 19.7 Å². The number of rotatable bonds is 8. The van der Waals surface area contributed by atoms with Gasteiger partial charge in [0.2, 0.25) is 0 Å². The number of hydrogen-bond acceptors (Lipinski definition) is 4. The molecule has 0 fully saturated rings. The summed E-state index contributed by atoms with van der Waals surface area (Å²) in [6.45, 7) is 2.98. The molecule has 3 N–H and O–H groups in total. The zero-order chi connectivity index (χ0) is 12.5. The van der Waals surface area contributed by atoms with Gasteiger partial charge >= 0.3 is 0 Å². The second-order valence-electron chi connectivity index (χ2n) is 4.06. The Morgan fingerprint density at radius 2 is 1.94 bits per heavy atom. The van der Waals surface area contributed by atoms with Crippen molar-refractivity contribution in [1.29, 1.82) is 0 Å². The maximum Gasteiger partial charge on any atom is 0.119 e. The van der Waals surface area contributed by atoms with E-state index in [0.717, 1.165) is 18.7 Å². The molecule has 4 heteroatoms. The largest absolute Gasteiger partial charge is 0.492 e. The average Bonchev–Trinajstić information content (AvgIpc) is 2.32. The van der Waals surface area contributed by atoms with Gasteiger partial charge in [-0.15, -0.1) is 0 Å². The zero-order valence-electron chi connectivity index (χ0n) is 10.4. The molecule has 1 rings (SSSR count). The molecule has 0 radical (unpaired) electrons. The first-order chi connectivity index (χ1) is 8.26. The number of aliphatic hydroxyl groups excluding tert-OH is 1. The third kappa shape index (κ3) is 5.68. The topological polar surface area (TPSA) is 58.7 Å². The van der Waals surface area contributed by atoms with Crippen molar-refractivity contribution in [2.24, 2.45) is 5.73 Å². The Bertz CT molecular complexity index is 301. The summed E-state index contributed by atoms with van der Waals surface area (Å²) in [6.07, 6.45) is 0.902. The fourth-order valence-electron chi connectivity index (χ4n) is 1.52. The first-order valence-electron chi connectivity index (χ1n) is 5.97. The first kappa shape index (κ1) is 14.0. The van der Waals surface area contributed by atoms with E-state index in [-0.39, 0.29) is 6.61 Å². The highest BCUT2D eigenvalue weighted by Gasteiger charge is 1.98. The normalized spacial score (nSPS) is 10.8. The molecule has 0 spiro atoms. The molecule has 96 valence electrons. The van der Waals surface area contributed by atoms with Gasteiger partial charge in [0.15, 0.2) is 0 Å². The minimum absolute atomic E-state index is 0.185. The van der Waals surface area contributed by atoms with Gasteiger partial charge in [0, 0.05) is 13.1 Å². The number of aliphatic hydroxyl groups is 1. The Hall–Kier alpha value is -1.10. The predicted molar refractivity (Wildman–Crippen MR) is 69.3 cm³/mol. The van der Waals surface area contributed by atoms with Crippen molar-refractivity contribution in [2.75, 3.05) is 39.9 Å². The second kappa shape index (κ2) is 8.06. The lowest BCUT2D eigenvalue weighted by molar-refractivity contribution is 0.192. The number of likely N-dealkylation sites (N-methyl/N-ethyl adjacent to an activating group) is 1. The van der Waals surface area contributed by atoms with Crippen LogP contribution in [0.25, 0.3) is 0 Å². The summed E-state index contributed by atoms with van der Waals surface area (Å²) in [7, 11) is 1.96. The molecule has 0 amide bonds. The summed E-state index contributed by atoms with van der Waals surface area (Å²) in [5.41, 5.74) is 6.72. The average molecular weight is 238 g/mol. The number of hydrogen-bond donors (Lipinski definition) is 2. The van der Waals surface area contributed by atoms with Gasteiger partial charge in [-0.3, -0.25) is 0 Å². The number of nitrogens with zero attached hydrogens (tertiary/aromatic N) is 1. The summed E-state index contributed by atoms with van der Waals surface area (Å²) in [4.78, 5) is 2.03. The van der Waals surface area contributed by atoms with E-state index in [9.17, 15) is 0 Å². The highest BCUT2D eigenvalue weighted by molar-refractivity contribution is 5.27. The van der Waals surface area contributed by atoms with Gasteiger partial charge in [-0.2, -0.15) is 0 Å². The lowest BCUT2D eigenvalue weighted by Crippen LogP contribution is -2.27. The lowest BCUT2D eigenvalue weighted by Gasteiger charge is -2.15. The van der Waals surface area contributed by atoms with E-state index >= 15 is 0 Å². The summed E-state index contributed by atoms with van der Waals surface area (Å²) in [5, 5.41) is 8.74. The van der Waals surface area contributed by atoms with Crippen LogP contribution in [-0.4, -0.2) is 49.9 Å². The SMILES string of the molecule is CN(CCO)CCOc1ccc(CCN)cc1. The Balaban J connectivity index is 2.27. The summed E-state index contributed by atoms with van der Waals surface area (Å²) in [5.74, 6) is 0.878. The number of nitrogens with two attached hydrogens (primary N) is 1. The molecule has 0 aromatic heterocycles. The van der Waals surface area contributed by atoms with Crippen molar-refractivity contribution in [3.05, 3.63) is 29.8 Å². The highest BCUT2D eigenvalue weighted by atomic mass is 16.5. The summed E-state index contributed by atoms with van der Waals surface area (Å²) < 4.78 is 5.60. The van der Waals surface area contributed by atoms with E-state index in [1.165, 1.54) is 5.56 Å². The van der Waals surface area contributed by atoms with Crippen LogP contribution >= 0.6 is 0 Å². The molecule has 0 aliphatic heterocycles. The number of ether oxygens (including phenoxy) is 1. The summed E-state index contributed by atoms with van der Waals surface area (Å²) >= 11 is 0. The minimum Gasteiger partial charge on any atom is -0.492 e. The van der Waals surface area contributed by atoms with E-state index in [1.807, 2.05) is 36.2 Å². The smallest absolute Gasteiger partial charge is 0.119 e. The Morgan fingerprint density at radius 1 is 1.24 bits per heavy atom. The van der Waals surface area contributed by atoms with E-state index in [2.05, 4.69) is 0 Å². The van der Waals surface area contributed by atoms with Crippen molar-refractivity contribution in [1.82, 2.24) is 4.90 Å². The quantitative estimate of drug-likeness (QED) is 0.692. The molecule has 0 aliphatic rings. The van der Waals surface area contributed by atoms with Gasteiger partial charge in [-0.05, 0) is 37.7 Å². The summed E-state index contributed by atoms with van der Waals surface area (Å²) in [6, 6.07) is 8.02. The monoisotopic (exact) mass is 238 g/mol. The van der Waals surface area contributed by atoms with Crippen LogP contribution in [0.15, 0.2) is 24.3 Å². The fourth-order valence-corrected chi connectivity index (χ4v) is 1.52. The lowest BCUT2D eigenvalue weighted by atomic mass is 10.1. The first-order valence-corrected chi connectivity index (χ1v) is 5.97. The van der Waals surface area contributed by atoms with Gasteiger partial charge in [0.1, 0.15) is 12.4 Å². The van der Waals surface area contributed by atoms with Crippen LogP contribution in [0, 0.1) is 0 Å². The van der Waals surface area contributed by atoms with Crippen LogP contribution in [0.4, 0.5) is 0 Å². The zero-order valence-corrected chi connectivity index (χ0v) is 10.4. The fraction of sp³-hybridized carbons (Fsp3) is 0.538. The highest BCUT2D eigenvalue weighted by Crippen LogP contribution is 2.12. The van der Waals surface area contributed by atoms with Crippen LogP contribution in [0.5, 0.6) is 5.75 Å². The van der Waals surface area contributed by atoms with Crippen LogP contribution in [0.3, 0.4) is 0 Å². The molecule has 1 aromatic carbocycles.